The van der Waals surface area contributed by atoms with E-state index in [1.807, 2.05) is 11.8 Å². The summed E-state index contributed by atoms with van der Waals surface area (Å²) in [6.07, 6.45) is 2.70. The maximum absolute atomic E-state index is 2.63. The molecule has 2 nitrogen and oxygen atoms in total. The normalized spacial score (nSPS) is 19.9. The van der Waals surface area contributed by atoms with Crippen molar-refractivity contribution in [3.63, 3.8) is 0 Å². The minimum atomic E-state index is 0. The summed E-state index contributed by atoms with van der Waals surface area (Å²) >= 11 is 1.89. The van der Waals surface area contributed by atoms with Crippen LogP contribution in [0.1, 0.15) is 19.8 Å². The average Bonchev–Trinajstić information content (AvgIpc) is 2.96. The van der Waals surface area contributed by atoms with E-state index in [-0.39, 0.29) is 12.4 Å². The zero-order chi connectivity index (χ0) is 14.9. The molecule has 2 aliphatic rings. The summed E-state index contributed by atoms with van der Waals surface area (Å²) in [5.74, 6) is 0. The Morgan fingerprint density at radius 3 is 2.13 bits per heavy atom. The third-order valence-electron chi connectivity index (χ3n) is 4.83. The first-order valence-electron chi connectivity index (χ1n) is 8.20. The van der Waals surface area contributed by atoms with Crippen molar-refractivity contribution in [1.82, 2.24) is 4.90 Å². The van der Waals surface area contributed by atoms with Crippen LogP contribution in [0.15, 0.2) is 58.3 Å². The predicted molar refractivity (Wildman–Crippen MR) is 102 cm³/mol. The van der Waals surface area contributed by atoms with Crippen molar-refractivity contribution in [3.05, 3.63) is 48.5 Å². The van der Waals surface area contributed by atoms with Gasteiger partial charge in [0.05, 0.1) is 11.4 Å². The van der Waals surface area contributed by atoms with Crippen LogP contribution >= 0.6 is 24.2 Å². The number of hydrogen-bond acceptors (Lipinski definition) is 3. The molecule has 122 valence electrons. The van der Waals surface area contributed by atoms with Crippen LogP contribution in [-0.2, 0) is 0 Å². The number of halogens is 1. The molecule has 0 radical (unpaired) electrons. The lowest BCUT2D eigenvalue weighted by atomic mass is 10.2. The van der Waals surface area contributed by atoms with Crippen LogP contribution < -0.4 is 4.90 Å². The molecule has 23 heavy (non-hydrogen) atoms. The minimum Gasteiger partial charge on any atom is -0.338 e. The summed E-state index contributed by atoms with van der Waals surface area (Å²) < 4.78 is 0. The SMILES string of the molecule is CC1CCCN1CCN1c2ccccc2Sc2ccccc21.Cl. The number of likely N-dealkylation sites (tertiary alicyclic amines) is 1. The van der Waals surface area contributed by atoms with Crippen LogP contribution in [-0.4, -0.2) is 30.6 Å². The molecule has 0 saturated carbocycles. The highest BCUT2D eigenvalue weighted by Gasteiger charge is 2.25. The number of rotatable bonds is 3. The molecule has 0 spiro atoms. The van der Waals surface area contributed by atoms with Crippen LogP contribution in [0.4, 0.5) is 11.4 Å². The van der Waals surface area contributed by atoms with Crippen molar-refractivity contribution < 1.29 is 0 Å². The van der Waals surface area contributed by atoms with Crippen LogP contribution in [0, 0.1) is 0 Å². The van der Waals surface area contributed by atoms with Crippen LogP contribution in [0.3, 0.4) is 0 Å². The fourth-order valence-corrected chi connectivity index (χ4v) is 4.67. The molecule has 0 bridgehead atoms. The molecule has 4 rings (SSSR count). The van der Waals surface area contributed by atoms with Crippen molar-refractivity contribution in [2.24, 2.45) is 0 Å². The molecule has 2 aromatic carbocycles. The van der Waals surface area contributed by atoms with E-state index in [2.05, 4.69) is 65.3 Å². The first-order valence-corrected chi connectivity index (χ1v) is 9.02. The maximum Gasteiger partial charge on any atom is 0.0553 e. The number of nitrogens with zero attached hydrogens (tertiary/aromatic N) is 2. The molecule has 1 saturated heterocycles. The summed E-state index contributed by atoms with van der Waals surface area (Å²) in [4.78, 5) is 7.88. The standard InChI is InChI=1S/C19H22N2S.ClH/c1-15-7-6-12-20(15)13-14-21-16-8-2-4-10-18(16)22-19-11-5-3-9-17(19)21;/h2-5,8-11,15H,6-7,12-14H2,1H3;1H. The van der Waals surface area contributed by atoms with E-state index in [1.54, 1.807) is 0 Å². The summed E-state index contributed by atoms with van der Waals surface area (Å²) in [6, 6.07) is 18.3. The molecule has 0 aromatic heterocycles. The molecule has 2 aromatic rings. The van der Waals surface area contributed by atoms with Crippen molar-refractivity contribution in [2.75, 3.05) is 24.5 Å². The summed E-state index contributed by atoms with van der Waals surface area (Å²) in [6.45, 7) is 5.83. The van der Waals surface area contributed by atoms with Gasteiger partial charge in [-0.1, -0.05) is 36.0 Å². The minimum absolute atomic E-state index is 0. The first-order chi connectivity index (χ1) is 10.8. The molecule has 0 aliphatic carbocycles. The number of para-hydroxylation sites is 2. The van der Waals surface area contributed by atoms with Gasteiger partial charge in [-0.3, -0.25) is 4.90 Å². The highest BCUT2D eigenvalue weighted by Crippen LogP contribution is 2.47. The maximum atomic E-state index is 2.63. The lowest BCUT2D eigenvalue weighted by Gasteiger charge is -2.34. The van der Waals surface area contributed by atoms with E-state index < -0.39 is 0 Å². The van der Waals surface area contributed by atoms with Gasteiger partial charge in [0.25, 0.3) is 0 Å². The number of fused-ring (bicyclic) bond motifs is 2. The summed E-state index contributed by atoms with van der Waals surface area (Å²) in [5.41, 5.74) is 2.72. The average molecular weight is 347 g/mol. The summed E-state index contributed by atoms with van der Waals surface area (Å²) in [7, 11) is 0. The Bertz CT molecular complexity index is 630. The molecule has 1 atom stereocenters. The number of hydrogen-bond donors (Lipinski definition) is 0. The second-order valence-corrected chi connectivity index (χ2v) is 7.30. The van der Waals surface area contributed by atoms with Gasteiger partial charge in [-0.2, -0.15) is 0 Å². The molecule has 2 aliphatic heterocycles. The van der Waals surface area contributed by atoms with Gasteiger partial charge in [-0.25, -0.2) is 0 Å². The molecule has 0 N–H and O–H groups in total. The lowest BCUT2D eigenvalue weighted by molar-refractivity contribution is 0.276. The fourth-order valence-electron chi connectivity index (χ4n) is 3.58. The van der Waals surface area contributed by atoms with Gasteiger partial charge in [0.15, 0.2) is 0 Å². The number of benzene rings is 2. The highest BCUT2D eigenvalue weighted by atomic mass is 35.5. The Balaban J connectivity index is 0.00000156. The third-order valence-corrected chi connectivity index (χ3v) is 5.96. The van der Waals surface area contributed by atoms with E-state index >= 15 is 0 Å². The number of anilines is 2. The van der Waals surface area contributed by atoms with Crippen LogP contribution in [0.25, 0.3) is 0 Å². The van der Waals surface area contributed by atoms with Gasteiger partial charge in [-0.15, -0.1) is 12.4 Å². The molecular weight excluding hydrogens is 324 g/mol. The van der Waals surface area contributed by atoms with Crippen molar-refractivity contribution >= 4 is 35.5 Å². The Labute approximate surface area is 149 Å². The van der Waals surface area contributed by atoms with Crippen molar-refractivity contribution in [2.45, 2.75) is 35.6 Å². The van der Waals surface area contributed by atoms with E-state index in [0.29, 0.717) is 0 Å². The van der Waals surface area contributed by atoms with Gasteiger partial charge in [0, 0.05) is 28.9 Å². The highest BCUT2D eigenvalue weighted by molar-refractivity contribution is 7.99. The monoisotopic (exact) mass is 346 g/mol. The molecule has 1 unspecified atom stereocenters. The lowest BCUT2D eigenvalue weighted by Crippen LogP contribution is -2.35. The van der Waals surface area contributed by atoms with Gasteiger partial charge in [0.1, 0.15) is 0 Å². The zero-order valence-corrected chi connectivity index (χ0v) is 15.1. The van der Waals surface area contributed by atoms with Gasteiger partial charge >= 0.3 is 0 Å². The third kappa shape index (κ3) is 3.23. The second kappa shape index (κ2) is 7.16. The quantitative estimate of drug-likeness (QED) is 0.754. The molecule has 2 heterocycles. The fraction of sp³-hybridized carbons (Fsp3) is 0.368. The Hall–Kier alpha value is -1.16. The van der Waals surface area contributed by atoms with Gasteiger partial charge in [0.2, 0.25) is 0 Å². The Morgan fingerprint density at radius 1 is 0.957 bits per heavy atom. The van der Waals surface area contributed by atoms with E-state index in [9.17, 15) is 0 Å². The van der Waals surface area contributed by atoms with E-state index in [0.717, 1.165) is 19.1 Å². The van der Waals surface area contributed by atoms with Crippen LogP contribution in [0.2, 0.25) is 0 Å². The van der Waals surface area contributed by atoms with Crippen molar-refractivity contribution in [1.29, 1.82) is 0 Å². The van der Waals surface area contributed by atoms with Crippen molar-refractivity contribution in [3.8, 4) is 0 Å². The van der Waals surface area contributed by atoms with Crippen LogP contribution in [0.5, 0.6) is 0 Å². The Morgan fingerprint density at radius 2 is 1.57 bits per heavy atom. The topological polar surface area (TPSA) is 6.48 Å². The second-order valence-electron chi connectivity index (χ2n) is 6.22. The summed E-state index contributed by atoms with van der Waals surface area (Å²) in [5, 5.41) is 0. The van der Waals surface area contributed by atoms with Gasteiger partial charge < -0.3 is 4.90 Å². The van der Waals surface area contributed by atoms with E-state index in [4.69, 9.17) is 0 Å². The molecule has 0 amide bonds. The predicted octanol–water partition coefficient (Wildman–Crippen LogP) is 5.20. The first kappa shape index (κ1) is 16.7. The zero-order valence-electron chi connectivity index (χ0n) is 13.4. The molecular formula is C19H23ClN2S. The molecule has 1 fully saturated rings. The molecule has 4 heteroatoms. The van der Waals surface area contributed by atoms with Gasteiger partial charge in [-0.05, 0) is 50.6 Å². The Kier molecular flexibility index (Phi) is 5.20. The smallest absolute Gasteiger partial charge is 0.0553 e. The van der Waals surface area contributed by atoms with E-state index in [1.165, 1.54) is 40.6 Å². The largest absolute Gasteiger partial charge is 0.338 e.